The molecule has 0 bridgehead atoms. The molecule has 10 nitrogen and oxygen atoms in total. The van der Waals surface area contributed by atoms with E-state index in [9.17, 15) is 0 Å². The fraction of sp³-hybridized carbons (Fsp3) is 0.412. The Balaban J connectivity index is 1.31. The molecule has 1 aliphatic rings. The zero-order valence-electron chi connectivity index (χ0n) is 15.0. The quantitative estimate of drug-likeness (QED) is 0.578. The number of nitrogens with one attached hydrogen (secondary N) is 1. The van der Waals surface area contributed by atoms with Crippen LogP contribution in [0.15, 0.2) is 31.1 Å². The average molecular weight is 364 g/mol. The first-order chi connectivity index (χ1) is 13.3. The summed E-state index contributed by atoms with van der Waals surface area (Å²) in [5.74, 6) is 3.29. The molecule has 1 fully saturated rings. The molecule has 0 saturated carbocycles. The Morgan fingerprint density at radius 1 is 1.15 bits per heavy atom. The highest BCUT2D eigenvalue weighted by Crippen LogP contribution is 2.30. The molecule has 0 aliphatic carbocycles. The molecule has 1 saturated heterocycles. The van der Waals surface area contributed by atoms with Gasteiger partial charge < -0.3 is 14.5 Å². The van der Waals surface area contributed by atoms with Crippen LogP contribution in [0.2, 0.25) is 0 Å². The molecule has 1 aliphatic heterocycles. The van der Waals surface area contributed by atoms with Crippen molar-refractivity contribution < 1.29 is 0 Å². The third kappa shape index (κ3) is 2.82. The van der Waals surface area contributed by atoms with E-state index in [4.69, 9.17) is 0 Å². The number of imidazole rings is 1. The van der Waals surface area contributed by atoms with Crippen LogP contribution in [0.3, 0.4) is 0 Å². The van der Waals surface area contributed by atoms with Crippen LogP contribution >= 0.6 is 0 Å². The minimum absolute atomic E-state index is 0.393. The Kier molecular flexibility index (Phi) is 3.80. The van der Waals surface area contributed by atoms with Crippen LogP contribution in [-0.2, 0) is 13.6 Å². The Morgan fingerprint density at radius 3 is 2.85 bits per heavy atom. The Morgan fingerprint density at radius 2 is 2.04 bits per heavy atom. The number of rotatable bonds is 4. The van der Waals surface area contributed by atoms with E-state index >= 15 is 0 Å². The van der Waals surface area contributed by atoms with Crippen LogP contribution in [0, 0.1) is 0 Å². The second-order valence-electron chi connectivity index (χ2n) is 6.80. The summed E-state index contributed by atoms with van der Waals surface area (Å²) >= 11 is 0. The maximum atomic E-state index is 4.47. The van der Waals surface area contributed by atoms with Crippen LogP contribution in [0.25, 0.3) is 11.2 Å². The Bertz CT molecular complexity index is 1040. The number of hydrogen-bond acceptors (Lipinski definition) is 7. The minimum Gasteiger partial charge on any atom is -0.355 e. The molecule has 5 heterocycles. The number of anilines is 1. The maximum Gasteiger partial charge on any atom is 0.182 e. The van der Waals surface area contributed by atoms with Crippen LogP contribution in [0.5, 0.6) is 0 Å². The molecule has 1 N–H and O–H groups in total. The first-order valence-corrected chi connectivity index (χ1v) is 9.04. The van der Waals surface area contributed by atoms with Crippen molar-refractivity contribution in [2.45, 2.75) is 25.3 Å². The van der Waals surface area contributed by atoms with Gasteiger partial charge in [0.2, 0.25) is 0 Å². The predicted octanol–water partition coefficient (Wildman–Crippen LogP) is 1.11. The normalized spacial score (nSPS) is 15.7. The summed E-state index contributed by atoms with van der Waals surface area (Å²) in [6, 6.07) is 1.91. The van der Waals surface area contributed by atoms with Gasteiger partial charge in [0, 0.05) is 38.4 Å². The molecule has 27 heavy (non-hydrogen) atoms. The summed E-state index contributed by atoms with van der Waals surface area (Å²) in [6.07, 6.45) is 8.97. The molecule has 0 unspecified atom stereocenters. The lowest BCUT2D eigenvalue weighted by Crippen LogP contribution is -2.34. The summed E-state index contributed by atoms with van der Waals surface area (Å²) < 4.78 is 3.97. The minimum atomic E-state index is 0.393. The molecule has 4 aromatic heterocycles. The maximum absolute atomic E-state index is 4.47. The van der Waals surface area contributed by atoms with E-state index in [0.717, 1.165) is 48.9 Å². The monoisotopic (exact) mass is 364 g/mol. The third-order valence-electron chi connectivity index (χ3n) is 5.22. The molecule has 0 amide bonds. The van der Waals surface area contributed by atoms with Gasteiger partial charge in [-0.25, -0.2) is 15.0 Å². The SMILES string of the molecule is Cn1c(Cn2cccn2)nnc1C1CCN(c2ncnc3nc[nH]c23)CC1. The average Bonchev–Trinajstić information content (AvgIpc) is 3.44. The summed E-state index contributed by atoms with van der Waals surface area (Å²) in [4.78, 5) is 18.3. The lowest BCUT2D eigenvalue weighted by molar-refractivity contribution is 0.470. The van der Waals surface area contributed by atoms with E-state index in [1.165, 1.54) is 0 Å². The fourth-order valence-electron chi connectivity index (χ4n) is 3.75. The molecule has 10 heteroatoms. The summed E-state index contributed by atoms with van der Waals surface area (Å²) in [5, 5.41) is 13.1. The van der Waals surface area contributed by atoms with E-state index in [0.29, 0.717) is 18.1 Å². The number of H-pyrrole nitrogens is 1. The molecular weight excluding hydrogens is 344 g/mol. The third-order valence-corrected chi connectivity index (χ3v) is 5.22. The van der Waals surface area contributed by atoms with Crippen molar-refractivity contribution in [3.8, 4) is 0 Å². The summed E-state index contributed by atoms with van der Waals surface area (Å²) in [6.45, 7) is 2.46. The number of hydrogen-bond donors (Lipinski definition) is 1. The van der Waals surface area contributed by atoms with E-state index in [2.05, 4.69) is 44.7 Å². The lowest BCUT2D eigenvalue weighted by Gasteiger charge is -2.32. The Labute approximate surface area is 155 Å². The number of piperidine rings is 1. The molecule has 138 valence electrons. The molecule has 5 rings (SSSR count). The van der Waals surface area contributed by atoms with Crippen LogP contribution in [-0.4, -0.2) is 57.6 Å². The van der Waals surface area contributed by atoms with Gasteiger partial charge in [0.05, 0.1) is 6.33 Å². The highest BCUT2D eigenvalue weighted by Gasteiger charge is 2.27. The van der Waals surface area contributed by atoms with Crippen molar-refractivity contribution in [2.24, 2.45) is 7.05 Å². The predicted molar refractivity (Wildman–Crippen MR) is 98.2 cm³/mol. The lowest BCUT2D eigenvalue weighted by atomic mass is 9.96. The van der Waals surface area contributed by atoms with Crippen molar-refractivity contribution in [3.63, 3.8) is 0 Å². The van der Waals surface area contributed by atoms with E-state index < -0.39 is 0 Å². The Hall–Kier alpha value is -3.30. The summed E-state index contributed by atoms with van der Waals surface area (Å²) in [7, 11) is 2.04. The van der Waals surface area contributed by atoms with Gasteiger partial charge in [-0.05, 0) is 18.9 Å². The second-order valence-corrected chi connectivity index (χ2v) is 6.80. The van der Waals surface area contributed by atoms with Crippen LogP contribution in [0.1, 0.15) is 30.4 Å². The standard InChI is InChI=1S/C17H20N10/c1-25-13(9-27-6-2-5-22-27)23-24-16(25)12-3-7-26(8-4-12)17-14-15(19-10-18-14)20-11-21-17/h2,5-6,10-12H,3-4,7-9H2,1H3,(H,18,19,20,21). The van der Waals surface area contributed by atoms with Crippen LogP contribution in [0.4, 0.5) is 5.82 Å². The van der Waals surface area contributed by atoms with Gasteiger partial charge in [0.1, 0.15) is 24.2 Å². The molecule has 0 radical (unpaired) electrons. The molecule has 4 aromatic rings. The van der Waals surface area contributed by atoms with E-state index in [1.807, 2.05) is 24.0 Å². The van der Waals surface area contributed by atoms with Crippen molar-refractivity contribution in [1.82, 2.24) is 44.5 Å². The second kappa shape index (κ2) is 6.45. The van der Waals surface area contributed by atoms with Gasteiger partial charge in [0.15, 0.2) is 17.3 Å². The highest BCUT2D eigenvalue weighted by molar-refractivity contribution is 5.82. The van der Waals surface area contributed by atoms with Crippen LogP contribution < -0.4 is 4.90 Å². The topological polar surface area (TPSA) is 106 Å². The highest BCUT2D eigenvalue weighted by atomic mass is 15.3. The van der Waals surface area contributed by atoms with E-state index in [1.54, 1.807) is 18.9 Å². The van der Waals surface area contributed by atoms with Crippen molar-refractivity contribution in [3.05, 3.63) is 42.8 Å². The first kappa shape index (κ1) is 15.9. The van der Waals surface area contributed by atoms with Crippen molar-refractivity contribution in [2.75, 3.05) is 18.0 Å². The van der Waals surface area contributed by atoms with Crippen molar-refractivity contribution >= 4 is 17.0 Å². The fourth-order valence-corrected chi connectivity index (χ4v) is 3.75. The van der Waals surface area contributed by atoms with Gasteiger partial charge in [-0.3, -0.25) is 4.68 Å². The zero-order chi connectivity index (χ0) is 18.2. The number of nitrogens with zero attached hydrogens (tertiary/aromatic N) is 9. The first-order valence-electron chi connectivity index (χ1n) is 9.04. The van der Waals surface area contributed by atoms with E-state index in [-0.39, 0.29) is 0 Å². The van der Waals surface area contributed by atoms with Gasteiger partial charge in [-0.15, -0.1) is 10.2 Å². The molecule has 0 aromatic carbocycles. The summed E-state index contributed by atoms with van der Waals surface area (Å²) in [5.41, 5.74) is 1.61. The smallest absolute Gasteiger partial charge is 0.182 e. The number of aromatic amines is 1. The van der Waals surface area contributed by atoms with Gasteiger partial charge in [0.25, 0.3) is 0 Å². The van der Waals surface area contributed by atoms with Gasteiger partial charge >= 0.3 is 0 Å². The molecular formula is C17H20N10. The molecule has 0 spiro atoms. The van der Waals surface area contributed by atoms with Crippen molar-refractivity contribution in [1.29, 1.82) is 0 Å². The largest absolute Gasteiger partial charge is 0.355 e. The van der Waals surface area contributed by atoms with Gasteiger partial charge in [-0.1, -0.05) is 0 Å². The number of fused-ring (bicyclic) bond motifs is 1. The number of aromatic nitrogens is 9. The zero-order valence-corrected chi connectivity index (χ0v) is 15.0. The molecule has 0 atom stereocenters. The van der Waals surface area contributed by atoms with Gasteiger partial charge in [-0.2, -0.15) is 5.10 Å².